The second-order valence-electron chi connectivity index (χ2n) is 8.07. The van der Waals surface area contributed by atoms with Gasteiger partial charge in [0, 0.05) is 10.2 Å². The quantitative estimate of drug-likeness (QED) is 0.145. The Labute approximate surface area is 158 Å². The van der Waals surface area contributed by atoms with Gasteiger partial charge < -0.3 is 0 Å². The minimum atomic E-state index is 1.38. The van der Waals surface area contributed by atoms with Gasteiger partial charge in [0.2, 0.25) is 0 Å². The minimum Gasteiger partial charge on any atom is -0.0658 e. The molecule has 0 aromatic rings. The van der Waals surface area contributed by atoms with Gasteiger partial charge in [0.05, 0.1) is 0 Å². The summed E-state index contributed by atoms with van der Waals surface area (Å²) in [4.78, 5) is 0. The number of rotatable bonds is 21. The maximum absolute atomic E-state index is 2.30. The third kappa shape index (κ3) is 22.2. The fourth-order valence-corrected chi connectivity index (χ4v) is 4.18. The van der Waals surface area contributed by atoms with Crippen LogP contribution in [0.4, 0.5) is 0 Å². The molecule has 24 heavy (non-hydrogen) atoms. The molecule has 1 heteroatoms. The maximum atomic E-state index is 2.30. The number of unbranched alkanes of at least 4 members (excludes halogenated alkanes) is 20. The maximum Gasteiger partial charge on any atom is 0.00279 e. The number of hydrogen-bond donors (Lipinski definition) is 0. The standard InChI is InChI=1S/C23H50Si/c1-2-3-4-5-6-7-8-9-10-11-12-13-14-15-16-17-18-19-20-21-22-23-24/h2-23H2,1,24H3. The largest absolute Gasteiger partial charge is 0.0658 e. The van der Waals surface area contributed by atoms with E-state index in [-0.39, 0.29) is 0 Å². The second kappa shape index (κ2) is 23.2. The van der Waals surface area contributed by atoms with E-state index in [2.05, 4.69) is 6.92 Å². The van der Waals surface area contributed by atoms with Crippen LogP contribution >= 0.6 is 0 Å². The van der Waals surface area contributed by atoms with Gasteiger partial charge in [0.1, 0.15) is 0 Å². The van der Waals surface area contributed by atoms with E-state index in [0.717, 1.165) is 0 Å². The molecule has 0 rings (SSSR count). The van der Waals surface area contributed by atoms with Crippen LogP contribution in [0, 0.1) is 0 Å². The summed E-state index contributed by atoms with van der Waals surface area (Å²) in [5, 5.41) is 0. The molecule has 146 valence electrons. The van der Waals surface area contributed by atoms with Crippen LogP contribution in [-0.4, -0.2) is 10.2 Å². The third-order valence-electron chi connectivity index (χ3n) is 5.46. The molecule has 0 amide bonds. The van der Waals surface area contributed by atoms with E-state index in [4.69, 9.17) is 0 Å². The summed E-state index contributed by atoms with van der Waals surface area (Å²) >= 11 is 0. The van der Waals surface area contributed by atoms with Crippen molar-refractivity contribution in [2.45, 2.75) is 148 Å². The van der Waals surface area contributed by atoms with E-state index >= 15 is 0 Å². The van der Waals surface area contributed by atoms with Crippen LogP contribution in [0.2, 0.25) is 6.04 Å². The first-order valence-corrected chi connectivity index (χ1v) is 13.3. The van der Waals surface area contributed by atoms with Crippen LogP contribution < -0.4 is 0 Å². The lowest BCUT2D eigenvalue weighted by Gasteiger charge is -2.04. The average molecular weight is 355 g/mol. The Bertz CT molecular complexity index is 180. The molecule has 0 aliphatic carbocycles. The number of hydrogen-bond acceptors (Lipinski definition) is 0. The van der Waals surface area contributed by atoms with E-state index < -0.39 is 0 Å². The molecule has 0 nitrogen and oxygen atoms in total. The molecule has 0 aromatic heterocycles. The van der Waals surface area contributed by atoms with Crippen LogP contribution in [0.3, 0.4) is 0 Å². The molecule has 0 radical (unpaired) electrons. The van der Waals surface area contributed by atoms with Gasteiger partial charge in [-0.15, -0.1) is 0 Å². The van der Waals surface area contributed by atoms with Crippen LogP contribution in [0.1, 0.15) is 142 Å². The molecule has 0 bridgehead atoms. The first kappa shape index (κ1) is 24.2. The SMILES string of the molecule is CCCCCCCCCCCCCCCCCCCCCCC[SiH3]. The van der Waals surface area contributed by atoms with E-state index in [1.807, 2.05) is 0 Å². The highest BCUT2D eigenvalue weighted by Gasteiger charge is 1.95. The Morgan fingerprint density at radius 3 is 0.750 bits per heavy atom. The fourth-order valence-electron chi connectivity index (χ4n) is 3.68. The zero-order valence-electron chi connectivity index (χ0n) is 17.6. The van der Waals surface area contributed by atoms with Crippen molar-refractivity contribution in [1.29, 1.82) is 0 Å². The van der Waals surface area contributed by atoms with Crippen LogP contribution in [-0.2, 0) is 0 Å². The van der Waals surface area contributed by atoms with Crippen molar-refractivity contribution in [1.82, 2.24) is 0 Å². The van der Waals surface area contributed by atoms with Crippen molar-refractivity contribution in [3.05, 3.63) is 0 Å². The fraction of sp³-hybridized carbons (Fsp3) is 1.00. The van der Waals surface area contributed by atoms with Gasteiger partial charge in [-0.05, 0) is 0 Å². The van der Waals surface area contributed by atoms with Crippen molar-refractivity contribution < 1.29 is 0 Å². The zero-order valence-corrected chi connectivity index (χ0v) is 19.6. The van der Waals surface area contributed by atoms with Gasteiger partial charge >= 0.3 is 0 Å². The van der Waals surface area contributed by atoms with Crippen molar-refractivity contribution in [2.75, 3.05) is 0 Å². The van der Waals surface area contributed by atoms with Gasteiger partial charge in [-0.25, -0.2) is 0 Å². The lowest BCUT2D eigenvalue weighted by atomic mass is 10.0. The first-order chi connectivity index (χ1) is 11.9. The Morgan fingerprint density at radius 1 is 0.333 bits per heavy atom. The van der Waals surface area contributed by atoms with Gasteiger partial charge in [-0.3, -0.25) is 0 Å². The first-order valence-electron chi connectivity index (χ1n) is 11.9. The lowest BCUT2D eigenvalue weighted by molar-refractivity contribution is 0.521. The normalized spacial score (nSPS) is 11.4. The van der Waals surface area contributed by atoms with Crippen LogP contribution in [0.5, 0.6) is 0 Å². The monoisotopic (exact) mass is 354 g/mol. The lowest BCUT2D eigenvalue weighted by Crippen LogP contribution is -1.84. The summed E-state index contributed by atoms with van der Waals surface area (Å²) in [6.45, 7) is 2.30. The predicted octanol–water partition coefficient (Wildman–Crippen LogP) is 7.98. The molecule has 0 aromatic carbocycles. The Balaban J connectivity index is 2.93. The zero-order chi connectivity index (χ0) is 17.6. The average Bonchev–Trinajstić information content (AvgIpc) is 2.60. The topological polar surface area (TPSA) is 0 Å². The van der Waals surface area contributed by atoms with Gasteiger partial charge in [0.25, 0.3) is 0 Å². The second-order valence-corrected chi connectivity index (χ2v) is 9.07. The van der Waals surface area contributed by atoms with Gasteiger partial charge in [-0.2, -0.15) is 0 Å². The van der Waals surface area contributed by atoms with Crippen molar-refractivity contribution in [3.8, 4) is 0 Å². The molecule has 0 saturated carbocycles. The van der Waals surface area contributed by atoms with Crippen molar-refractivity contribution in [2.24, 2.45) is 0 Å². The highest BCUT2D eigenvalue weighted by atomic mass is 28.1. The summed E-state index contributed by atoms with van der Waals surface area (Å²) in [6.07, 6.45) is 31.2. The molecule has 0 fully saturated rings. The Hall–Kier alpha value is 0.217. The van der Waals surface area contributed by atoms with Gasteiger partial charge in [-0.1, -0.05) is 148 Å². The van der Waals surface area contributed by atoms with E-state index in [9.17, 15) is 0 Å². The van der Waals surface area contributed by atoms with Crippen LogP contribution in [0.15, 0.2) is 0 Å². The summed E-state index contributed by atoms with van der Waals surface area (Å²) in [5.74, 6) is 0. The Morgan fingerprint density at radius 2 is 0.542 bits per heavy atom. The van der Waals surface area contributed by atoms with E-state index in [0.29, 0.717) is 0 Å². The predicted molar refractivity (Wildman–Crippen MR) is 117 cm³/mol. The molecule has 0 heterocycles. The van der Waals surface area contributed by atoms with E-state index in [1.165, 1.54) is 151 Å². The molecule has 0 spiro atoms. The minimum absolute atomic E-state index is 1.38. The molecule has 0 unspecified atom stereocenters. The van der Waals surface area contributed by atoms with Crippen LogP contribution in [0.25, 0.3) is 0 Å². The smallest absolute Gasteiger partial charge is 0.00279 e. The van der Waals surface area contributed by atoms with E-state index in [1.54, 1.807) is 0 Å². The van der Waals surface area contributed by atoms with Gasteiger partial charge in [0.15, 0.2) is 0 Å². The molecular formula is C23H50Si. The molecule has 0 aliphatic rings. The van der Waals surface area contributed by atoms with Crippen molar-refractivity contribution in [3.63, 3.8) is 0 Å². The summed E-state index contributed by atoms with van der Waals surface area (Å²) in [5.41, 5.74) is 0. The highest BCUT2D eigenvalue weighted by molar-refractivity contribution is 6.08. The third-order valence-corrected chi connectivity index (χ3v) is 6.16. The van der Waals surface area contributed by atoms with Crippen molar-refractivity contribution >= 4 is 10.2 Å². The molecular weight excluding hydrogens is 304 g/mol. The molecule has 0 saturated heterocycles. The molecule has 0 N–H and O–H groups in total. The summed E-state index contributed by atoms with van der Waals surface area (Å²) in [6, 6.07) is 1.51. The molecule has 0 atom stereocenters. The highest BCUT2D eigenvalue weighted by Crippen LogP contribution is 2.15. The summed E-state index contributed by atoms with van der Waals surface area (Å²) < 4.78 is 0. The summed E-state index contributed by atoms with van der Waals surface area (Å²) in [7, 11) is 1.41. The Kier molecular flexibility index (Phi) is 23.4. The molecule has 0 aliphatic heterocycles.